The second kappa shape index (κ2) is 8.51. The largest absolute Gasteiger partial charge is 0.334 e. The first-order valence-electron chi connectivity index (χ1n) is 9.63. The van der Waals surface area contributed by atoms with Crippen LogP contribution in [-0.2, 0) is 4.79 Å². The van der Waals surface area contributed by atoms with Gasteiger partial charge in [-0.3, -0.25) is 9.59 Å². The summed E-state index contributed by atoms with van der Waals surface area (Å²) < 4.78 is 1.74. The van der Waals surface area contributed by atoms with Crippen molar-refractivity contribution in [1.82, 2.24) is 10.7 Å². The average molecular weight is 419 g/mol. The maximum absolute atomic E-state index is 12.8. The van der Waals surface area contributed by atoms with Crippen LogP contribution in [0, 0.1) is 6.92 Å². The number of carbonyl (C=O) groups excluding carboxylic acids is 2. The molecule has 0 unspecified atom stereocenters. The van der Waals surface area contributed by atoms with Gasteiger partial charge < -0.3 is 5.32 Å². The van der Waals surface area contributed by atoms with E-state index in [4.69, 9.17) is 11.6 Å². The quantitative estimate of drug-likeness (QED) is 0.635. The lowest BCUT2D eigenvalue weighted by atomic mass is 9.98. The molecule has 0 aliphatic carbocycles. The van der Waals surface area contributed by atoms with Crippen LogP contribution >= 0.6 is 11.6 Å². The summed E-state index contributed by atoms with van der Waals surface area (Å²) >= 11 is 5.98. The number of rotatable bonds is 4. The van der Waals surface area contributed by atoms with E-state index in [1.165, 1.54) is 0 Å². The van der Waals surface area contributed by atoms with Crippen molar-refractivity contribution in [3.63, 3.8) is 0 Å². The highest BCUT2D eigenvalue weighted by Gasteiger charge is 2.47. The molecule has 2 amide bonds. The monoisotopic (exact) mass is 418 g/mol. The van der Waals surface area contributed by atoms with Crippen LogP contribution < -0.4 is 10.7 Å². The Morgan fingerprint density at radius 3 is 2.33 bits per heavy atom. The Labute approximate surface area is 180 Å². The first-order chi connectivity index (χ1) is 14.5. The van der Waals surface area contributed by atoms with Crippen LogP contribution in [0.2, 0.25) is 5.02 Å². The minimum Gasteiger partial charge on any atom is -0.334 e. The normalized spacial score (nSPS) is 19.5. The molecule has 0 spiro atoms. The number of nitrogens with zero attached hydrogens (tertiary/aromatic N) is 1. The van der Waals surface area contributed by atoms with E-state index < -0.39 is 12.1 Å². The van der Waals surface area contributed by atoms with Crippen molar-refractivity contribution in [3.05, 3.63) is 106 Å². The van der Waals surface area contributed by atoms with Crippen LogP contribution in [0.3, 0.4) is 0 Å². The van der Waals surface area contributed by atoms with Gasteiger partial charge in [-0.1, -0.05) is 59.6 Å². The summed E-state index contributed by atoms with van der Waals surface area (Å²) in [5.41, 5.74) is 6.31. The maximum atomic E-state index is 12.8. The predicted octanol–water partition coefficient (Wildman–Crippen LogP) is 3.66. The number of hydrogen-bond donors (Lipinski definition) is 2. The first-order valence-corrected chi connectivity index (χ1v) is 10.0. The minimum atomic E-state index is -0.746. The van der Waals surface area contributed by atoms with Gasteiger partial charge in [-0.05, 0) is 43.3 Å². The number of amides is 2. The maximum Gasteiger partial charge on any atom is 0.304 e. The van der Waals surface area contributed by atoms with Gasteiger partial charge in [-0.15, -0.1) is 10.1 Å². The summed E-state index contributed by atoms with van der Waals surface area (Å²) in [5, 5.41) is 3.54. The molecule has 150 valence electrons. The molecule has 6 heteroatoms. The molecule has 1 aliphatic heterocycles. The molecule has 0 radical (unpaired) electrons. The molecule has 1 aliphatic rings. The van der Waals surface area contributed by atoms with Gasteiger partial charge in [0, 0.05) is 21.7 Å². The zero-order valence-electron chi connectivity index (χ0n) is 16.4. The number of halogens is 1. The standard InChI is InChI=1S/C24H20ClN3O2/c1-16-7-11-18(12-8-16)22-21(26-23(29)19-5-3-2-4-6-19)24(30)27-28(22)15-17-9-13-20(25)14-10-17/h2-15,21-22H,1H3,(H-,26,27,29,30)/p+1/b28-15-/t21-,22+/m0/s1. The van der Waals surface area contributed by atoms with E-state index in [2.05, 4.69) is 10.7 Å². The Morgan fingerprint density at radius 1 is 1.00 bits per heavy atom. The SMILES string of the molecule is Cc1ccc([C@@H]2[C@H](NC(=O)c3ccccc3)C(=O)N/[N+]2=C\c2ccc(Cl)cc2)cc1. The molecule has 0 saturated carbocycles. The third-order valence-electron chi connectivity index (χ3n) is 5.04. The van der Waals surface area contributed by atoms with E-state index in [1.54, 1.807) is 41.1 Å². The number of benzene rings is 3. The molecule has 1 fully saturated rings. The van der Waals surface area contributed by atoms with E-state index in [0.29, 0.717) is 10.6 Å². The summed E-state index contributed by atoms with van der Waals surface area (Å²) in [6.07, 6.45) is 1.84. The molecule has 3 aromatic carbocycles. The number of carbonyl (C=O) groups is 2. The van der Waals surface area contributed by atoms with Crippen LogP contribution in [0.4, 0.5) is 0 Å². The second-order valence-electron chi connectivity index (χ2n) is 7.24. The van der Waals surface area contributed by atoms with Crippen molar-refractivity contribution >= 4 is 29.6 Å². The second-order valence-corrected chi connectivity index (χ2v) is 7.67. The van der Waals surface area contributed by atoms with E-state index >= 15 is 0 Å². The highest BCUT2D eigenvalue weighted by Crippen LogP contribution is 2.26. The Hall–Kier alpha value is -3.44. The van der Waals surface area contributed by atoms with Crippen molar-refractivity contribution in [3.8, 4) is 0 Å². The zero-order valence-corrected chi connectivity index (χ0v) is 17.1. The van der Waals surface area contributed by atoms with Gasteiger partial charge in [0.1, 0.15) is 0 Å². The Morgan fingerprint density at radius 2 is 1.67 bits per heavy atom. The van der Waals surface area contributed by atoms with Crippen LogP contribution in [0.25, 0.3) is 0 Å². The average Bonchev–Trinajstić information content (AvgIpc) is 3.05. The highest BCUT2D eigenvalue weighted by molar-refractivity contribution is 6.30. The van der Waals surface area contributed by atoms with Crippen molar-refractivity contribution in [2.45, 2.75) is 19.0 Å². The van der Waals surface area contributed by atoms with Crippen molar-refractivity contribution in [1.29, 1.82) is 0 Å². The first kappa shape index (κ1) is 19.9. The summed E-state index contributed by atoms with van der Waals surface area (Å²) in [5.74, 6) is -0.559. The molecule has 2 atom stereocenters. The highest BCUT2D eigenvalue weighted by atomic mass is 35.5. The fourth-order valence-corrected chi connectivity index (χ4v) is 3.59. The third-order valence-corrected chi connectivity index (χ3v) is 5.29. The lowest BCUT2D eigenvalue weighted by Gasteiger charge is -2.15. The molecule has 5 nitrogen and oxygen atoms in total. The number of hydrogen-bond acceptors (Lipinski definition) is 2. The van der Waals surface area contributed by atoms with Gasteiger partial charge in [-0.2, -0.15) is 0 Å². The minimum absolute atomic E-state index is 0.268. The van der Waals surface area contributed by atoms with Gasteiger partial charge in [0.25, 0.3) is 5.91 Å². The van der Waals surface area contributed by atoms with E-state index in [9.17, 15) is 9.59 Å². The molecular weight excluding hydrogens is 398 g/mol. The van der Waals surface area contributed by atoms with Gasteiger partial charge in [0.15, 0.2) is 6.04 Å². The van der Waals surface area contributed by atoms with Crippen LogP contribution in [0.5, 0.6) is 0 Å². The number of hydrazone groups is 1. The summed E-state index contributed by atoms with van der Waals surface area (Å²) in [6.45, 7) is 2.01. The fraction of sp³-hybridized carbons (Fsp3) is 0.125. The molecule has 30 heavy (non-hydrogen) atoms. The number of aryl methyl sites for hydroxylation is 1. The van der Waals surface area contributed by atoms with Gasteiger partial charge in [0.2, 0.25) is 12.3 Å². The van der Waals surface area contributed by atoms with Crippen molar-refractivity contribution in [2.75, 3.05) is 0 Å². The summed E-state index contributed by atoms with van der Waals surface area (Å²) in [6, 6.07) is 23.0. The number of nitrogens with one attached hydrogen (secondary N) is 2. The number of hydrazine groups is 1. The van der Waals surface area contributed by atoms with E-state index in [-0.39, 0.29) is 11.8 Å². The molecule has 1 heterocycles. The fourth-order valence-electron chi connectivity index (χ4n) is 3.47. The Balaban J connectivity index is 1.70. The van der Waals surface area contributed by atoms with Gasteiger partial charge in [-0.25, -0.2) is 0 Å². The topological polar surface area (TPSA) is 61.2 Å². The van der Waals surface area contributed by atoms with Crippen molar-refractivity contribution < 1.29 is 14.3 Å². The molecule has 0 bridgehead atoms. The Kier molecular flexibility index (Phi) is 5.63. The van der Waals surface area contributed by atoms with Crippen LogP contribution in [0.1, 0.15) is 33.1 Å². The lowest BCUT2D eigenvalue weighted by molar-refractivity contribution is -0.596. The lowest BCUT2D eigenvalue weighted by Crippen LogP contribution is -2.42. The third kappa shape index (κ3) is 4.26. The van der Waals surface area contributed by atoms with Crippen LogP contribution in [0.15, 0.2) is 78.9 Å². The van der Waals surface area contributed by atoms with Gasteiger partial charge in [0.05, 0.1) is 0 Å². The molecule has 0 aromatic heterocycles. The zero-order chi connectivity index (χ0) is 21.1. The van der Waals surface area contributed by atoms with Crippen molar-refractivity contribution in [2.24, 2.45) is 0 Å². The van der Waals surface area contributed by atoms with E-state index in [1.807, 2.05) is 55.6 Å². The molecule has 4 rings (SSSR count). The smallest absolute Gasteiger partial charge is 0.304 e. The summed E-state index contributed by atoms with van der Waals surface area (Å²) in [7, 11) is 0. The Bertz CT molecular complexity index is 1090. The van der Waals surface area contributed by atoms with Crippen LogP contribution in [-0.4, -0.2) is 28.8 Å². The van der Waals surface area contributed by atoms with Gasteiger partial charge >= 0.3 is 5.91 Å². The molecule has 3 aromatic rings. The predicted molar refractivity (Wildman–Crippen MR) is 117 cm³/mol. The molecular formula is C24H21ClN3O2+. The van der Waals surface area contributed by atoms with E-state index in [0.717, 1.165) is 16.7 Å². The molecule has 1 saturated heterocycles. The molecule has 2 N–H and O–H groups in total. The summed E-state index contributed by atoms with van der Waals surface area (Å²) in [4.78, 5) is 25.6.